The lowest BCUT2D eigenvalue weighted by Gasteiger charge is -2.09. The molecule has 2 aromatic carbocycles. The van der Waals surface area contributed by atoms with Crippen LogP contribution in [0, 0.1) is 11.6 Å². The number of hydrogen-bond donors (Lipinski definition) is 2. The molecule has 0 bridgehead atoms. The lowest BCUT2D eigenvalue weighted by Crippen LogP contribution is -2.21. The van der Waals surface area contributed by atoms with Crippen LogP contribution in [0.25, 0.3) is 0 Å². The van der Waals surface area contributed by atoms with Gasteiger partial charge in [-0.25, -0.2) is 18.6 Å². The van der Waals surface area contributed by atoms with Gasteiger partial charge in [-0.15, -0.1) is 0 Å². The van der Waals surface area contributed by atoms with Crippen LogP contribution in [0.1, 0.15) is 5.56 Å². The first-order chi connectivity index (χ1) is 12.6. The van der Waals surface area contributed by atoms with Crippen molar-refractivity contribution in [2.24, 2.45) is 0 Å². The van der Waals surface area contributed by atoms with E-state index >= 15 is 0 Å². The van der Waals surface area contributed by atoms with Gasteiger partial charge in [0, 0.05) is 5.69 Å². The number of amides is 2. The van der Waals surface area contributed by atoms with E-state index in [1.54, 1.807) is 42.5 Å². The topological polar surface area (TPSA) is 76.1 Å². The smallest absolute Gasteiger partial charge is 0.324 e. The minimum Gasteiger partial charge on any atom is -0.459 e. The van der Waals surface area contributed by atoms with Crippen molar-refractivity contribution in [3.63, 3.8) is 0 Å². The Morgan fingerprint density at radius 3 is 2.46 bits per heavy atom. The molecule has 132 valence electrons. The number of benzene rings is 2. The van der Waals surface area contributed by atoms with E-state index < -0.39 is 11.8 Å². The minimum absolute atomic E-state index is 0.0710. The molecule has 0 aliphatic heterocycles. The van der Waals surface area contributed by atoms with E-state index in [1.165, 1.54) is 12.1 Å². The highest BCUT2D eigenvalue weighted by molar-refractivity contribution is 5.99. The van der Waals surface area contributed by atoms with Crippen molar-refractivity contribution < 1.29 is 18.3 Å². The zero-order chi connectivity index (χ0) is 18.4. The standard InChI is InChI=1S/C18H14F2N4O2/c19-13-8-6-12(7-9-13)11-26-18-21-10-15(20)16(24-18)23-17(25)22-14-4-2-1-3-5-14/h1-10H,11H2,(H2,21,22,23,24,25). The molecule has 0 spiro atoms. The maximum atomic E-state index is 13.8. The van der Waals surface area contributed by atoms with Gasteiger partial charge in [0.1, 0.15) is 12.4 Å². The van der Waals surface area contributed by atoms with E-state index in [0.29, 0.717) is 11.3 Å². The number of rotatable bonds is 5. The summed E-state index contributed by atoms with van der Waals surface area (Å²) in [7, 11) is 0. The molecule has 6 nitrogen and oxygen atoms in total. The molecule has 1 aromatic heterocycles. The van der Waals surface area contributed by atoms with Gasteiger partial charge in [-0.1, -0.05) is 30.3 Å². The summed E-state index contributed by atoms with van der Waals surface area (Å²) < 4.78 is 32.0. The van der Waals surface area contributed by atoms with Crippen LogP contribution in [0.4, 0.5) is 25.1 Å². The first-order valence-corrected chi connectivity index (χ1v) is 7.63. The van der Waals surface area contributed by atoms with Crippen molar-refractivity contribution in [2.75, 3.05) is 10.6 Å². The third-order valence-corrected chi connectivity index (χ3v) is 3.27. The number of ether oxygens (including phenoxy) is 1. The van der Waals surface area contributed by atoms with E-state index in [-0.39, 0.29) is 24.3 Å². The number of para-hydroxylation sites is 1. The second kappa shape index (κ2) is 8.02. The first-order valence-electron chi connectivity index (χ1n) is 7.63. The van der Waals surface area contributed by atoms with Crippen molar-refractivity contribution in [1.82, 2.24) is 9.97 Å². The third kappa shape index (κ3) is 4.73. The zero-order valence-corrected chi connectivity index (χ0v) is 13.4. The predicted octanol–water partition coefficient (Wildman–Crippen LogP) is 3.98. The molecule has 0 saturated heterocycles. The van der Waals surface area contributed by atoms with Crippen LogP contribution in [0.15, 0.2) is 60.8 Å². The minimum atomic E-state index is -0.803. The largest absolute Gasteiger partial charge is 0.459 e. The molecule has 1 heterocycles. The lowest BCUT2D eigenvalue weighted by atomic mass is 10.2. The maximum absolute atomic E-state index is 13.8. The molecular formula is C18H14F2N4O2. The van der Waals surface area contributed by atoms with Crippen molar-refractivity contribution in [1.29, 1.82) is 0 Å². The normalized spacial score (nSPS) is 10.2. The first kappa shape index (κ1) is 17.3. The van der Waals surface area contributed by atoms with Crippen molar-refractivity contribution in [2.45, 2.75) is 6.61 Å². The Labute approximate surface area is 147 Å². The molecule has 0 aliphatic carbocycles. The van der Waals surface area contributed by atoms with Crippen LogP contribution in [-0.4, -0.2) is 16.0 Å². The highest BCUT2D eigenvalue weighted by Gasteiger charge is 2.11. The molecule has 0 radical (unpaired) electrons. The fourth-order valence-electron chi connectivity index (χ4n) is 2.03. The number of carbonyl (C=O) groups is 1. The lowest BCUT2D eigenvalue weighted by molar-refractivity contribution is 0.261. The Morgan fingerprint density at radius 1 is 1.00 bits per heavy atom. The van der Waals surface area contributed by atoms with Crippen molar-refractivity contribution >= 4 is 17.5 Å². The zero-order valence-electron chi connectivity index (χ0n) is 13.4. The van der Waals surface area contributed by atoms with Crippen LogP contribution >= 0.6 is 0 Å². The van der Waals surface area contributed by atoms with E-state index in [0.717, 1.165) is 6.20 Å². The van der Waals surface area contributed by atoms with Gasteiger partial charge < -0.3 is 10.1 Å². The molecule has 26 heavy (non-hydrogen) atoms. The van der Waals surface area contributed by atoms with Crippen molar-refractivity contribution in [3.8, 4) is 6.01 Å². The molecular weight excluding hydrogens is 342 g/mol. The summed E-state index contributed by atoms with van der Waals surface area (Å²) in [5.41, 5.74) is 1.24. The number of aromatic nitrogens is 2. The predicted molar refractivity (Wildman–Crippen MR) is 91.8 cm³/mol. The second-order valence-corrected chi connectivity index (χ2v) is 5.21. The van der Waals surface area contributed by atoms with Crippen LogP contribution < -0.4 is 15.4 Å². The van der Waals surface area contributed by atoms with Gasteiger partial charge in [0.2, 0.25) is 0 Å². The van der Waals surface area contributed by atoms with E-state index in [1.807, 2.05) is 0 Å². The molecule has 0 saturated carbocycles. The number of halogens is 2. The fourth-order valence-corrected chi connectivity index (χ4v) is 2.03. The van der Waals surface area contributed by atoms with Gasteiger partial charge in [0.05, 0.1) is 6.20 Å². The van der Waals surface area contributed by atoms with E-state index in [9.17, 15) is 13.6 Å². The fraction of sp³-hybridized carbons (Fsp3) is 0.0556. The van der Waals surface area contributed by atoms with Crippen molar-refractivity contribution in [3.05, 3.63) is 78.0 Å². The molecule has 0 unspecified atom stereocenters. The van der Waals surface area contributed by atoms with Crippen LogP contribution in [0.3, 0.4) is 0 Å². The van der Waals surface area contributed by atoms with Gasteiger partial charge in [0.15, 0.2) is 11.6 Å². The number of anilines is 2. The Bertz CT molecular complexity index is 889. The number of nitrogens with one attached hydrogen (secondary N) is 2. The molecule has 3 rings (SSSR count). The van der Waals surface area contributed by atoms with Crippen LogP contribution in [0.2, 0.25) is 0 Å². The summed E-state index contributed by atoms with van der Waals surface area (Å²) in [5, 5.41) is 4.85. The molecule has 0 aliphatic rings. The van der Waals surface area contributed by atoms with Crippen LogP contribution in [0.5, 0.6) is 6.01 Å². The highest BCUT2D eigenvalue weighted by Crippen LogP contribution is 2.15. The Kier molecular flexibility index (Phi) is 5.33. The SMILES string of the molecule is O=C(Nc1ccccc1)Nc1nc(OCc2ccc(F)cc2)ncc1F. The Hall–Kier alpha value is -3.55. The monoisotopic (exact) mass is 356 g/mol. The van der Waals surface area contributed by atoms with Crippen LogP contribution in [-0.2, 0) is 6.61 Å². The summed E-state index contributed by atoms with van der Waals surface area (Å²) >= 11 is 0. The van der Waals surface area contributed by atoms with Gasteiger partial charge >= 0.3 is 12.0 Å². The summed E-state index contributed by atoms with van der Waals surface area (Å²) in [5.74, 6) is -1.48. The number of urea groups is 1. The molecule has 8 heteroatoms. The summed E-state index contributed by atoms with van der Waals surface area (Å²) in [6, 6.07) is 13.6. The molecule has 2 N–H and O–H groups in total. The number of carbonyl (C=O) groups excluding carboxylic acids is 1. The van der Waals surface area contributed by atoms with Gasteiger partial charge in [-0.05, 0) is 29.8 Å². The maximum Gasteiger partial charge on any atom is 0.324 e. The second-order valence-electron chi connectivity index (χ2n) is 5.21. The molecule has 0 fully saturated rings. The highest BCUT2D eigenvalue weighted by atomic mass is 19.1. The Morgan fingerprint density at radius 2 is 1.73 bits per heavy atom. The average Bonchev–Trinajstić information content (AvgIpc) is 2.64. The summed E-state index contributed by atoms with van der Waals surface area (Å²) in [6.07, 6.45) is 0.894. The molecule has 3 aromatic rings. The quantitative estimate of drug-likeness (QED) is 0.725. The van der Waals surface area contributed by atoms with E-state index in [4.69, 9.17) is 4.74 Å². The third-order valence-electron chi connectivity index (χ3n) is 3.27. The van der Waals surface area contributed by atoms with E-state index in [2.05, 4.69) is 20.6 Å². The number of nitrogens with zero attached hydrogens (tertiary/aromatic N) is 2. The van der Waals surface area contributed by atoms with Gasteiger partial charge in [0.25, 0.3) is 0 Å². The molecule has 2 amide bonds. The average molecular weight is 356 g/mol. The summed E-state index contributed by atoms with van der Waals surface area (Å²) in [6.45, 7) is 0.0710. The summed E-state index contributed by atoms with van der Waals surface area (Å²) in [4.78, 5) is 19.5. The molecule has 0 atom stereocenters. The van der Waals surface area contributed by atoms with Gasteiger partial charge in [-0.2, -0.15) is 4.98 Å². The number of hydrogen-bond acceptors (Lipinski definition) is 4. The Balaban J connectivity index is 1.63. The van der Waals surface area contributed by atoms with Gasteiger partial charge in [-0.3, -0.25) is 5.32 Å².